The van der Waals surface area contributed by atoms with Crippen LogP contribution in [0.4, 0.5) is 0 Å². The Bertz CT molecular complexity index is 371. The fraction of sp³-hybridized carbons (Fsp3) is 0.417. The third-order valence-corrected chi connectivity index (χ3v) is 3.36. The van der Waals surface area contributed by atoms with Crippen LogP contribution in [0.15, 0.2) is 28.7 Å². The molecule has 1 aromatic carbocycles. The second-order valence-corrected chi connectivity index (χ2v) is 4.89. The molecular weight excluding hydrogens is 270 g/mol. The van der Waals surface area contributed by atoms with Crippen molar-refractivity contribution in [3.05, 3.63) is 28.7 Å². The molecule has 1 saturated carbocycles. The average molecular weight is 284 g/mol. The van der Waals surface area contributed by atoms with Gasteiger partial charge in [0.1, 0.15) is 11.9 Å². The van der Waals surface area contributed by atoms with E-state index < -0.39 is 0 Å². The predicted octanol–water partition coefficient (Wildman–Crippen LogP) is 2.35. The Morgan fingerprint density at radius 2 is 2.00 bits per heavy atom. The number of carbonyl (C=O) groups is 1. The summed E-state index contributed by atoms with van der Waals surface area (Å²) in [4.78, 5) is 11.3. The largest absolute Gasteiger partial charge is 0.490 e. The third kappa shape index (κ3) is 2.55. The number of benzene rings is 1. The lowest BCUT2D eigenvalue weighted by Gasteiger charge is -2.33. The van der Waals surface area contributed by atoms with Crippen LogP contribution < -0.4 is 10.1 Å². The highest BCUT2D eigenvalue weighted by Crippen LogP contribution is 2.31. The molecular formula is C12H14BrNO2. The molecule has 0 unspecified atom stereocenters. The van der Waals surface area contributed by atoms with Crippen molar-refractivity contribution in [3.63, 3.8) is 0 Å². The van der Waals surface area contributed by atoms with Crippen LogP contribution in [-0.4, -0.2) is 19.1 Å². The van der Waals surface area contributed by atoms with Crippen molar-refractivity contribution in [1.29, 1.82) is 0 Å². The summed E-state index contributed by atoms with van der Waals surface area (Å²) in [6.45, 7) is 0. The Labute approximate surface area is 103 Å². The van der Waals surface area contributed by atoms with Crippen LogP contribution >= 0.6 is 15.9 Å². The van der Waals surface area contributed by atoms with Crippen molar-refractivity contribution in [2.24, 2.45) is 5.92 Å². The molecule has 1 aliphatic carbocycles. The molecule has 1 aromatic rings. The highest BCUT2D eigenvalue weighted by molar-refractivity contribution is 9.10. The minimum absolute atomic E-state index is 0.121. The summed E-state index contributed by atoms with van der Waals surface area (Å²) in [5.41, 5.74) is 0. The molecule has 0 atom stereocenters. The summed E-state index contributed by atoms with van der Waals surface area (Å²) in [5, 5.41) is 2.66. The molecule has 0 saturated heterocycles. The summed E-state index contributed by atoms with van der Waals surface area (Å²) in [6.07, 6.45) is 1.81. The van der Waals surface area contributed by atoms with Crippen molar-refractivity contribution < 1.29 is 9.53 Å². The Morgan fingerprint density at radius 3 is 2.56 bits per heavy atom. The maximum Gasteiger partial charge on any atom is 0.223 e. The molecule has 1 fully saturated rings. The molecule has 1 aliphatic rings. The van der Waals surface area contributed by atoms with Gasteiger partial charge < -0.3 is 10.1 Å². The zero-order valence-electron chi connectivity index (χ0n) is 9.07. The molecule has 3 nitrogen and oxygen atoms in total. The van der Waals surface area contributed by atoms with E-state index in [1.54, 1.807) is 7.05 Å². The SMILES string of the molecule is CNC(=O)C1CC(Oc2ccc(Br)cc2)C1. The van der Waals surface area contributed by atoms with Crippen LogP contribution in [0.1, 0.15) is 12.8 Å². The molecule has 0 heterocycles. The normalized spacial score (nSPS) is 23.4. The number of ether oxygens (including phenoxy) is 1. The highest BCUT2D eigenvalue weighted by Gasteiger charge is 2.35. The zero-order chi connectivity index (χ0) is 11.5. The van der Waals surface area contributed by atoms with Crippen LogP contribution in [0.25, 0.3) is 0 Å². The number of rotatable bonds is 3. The Morgan fingerprint density at radius 1 is 1.38 bits per heavy atom. The van der Waals surface area contributed by atoms with Gasteiger partial charge in [-0.15, -0.1) is 0 Å². The Kier molecular flexibility index (Phi) is 3.49. The van der Waals surface area contributed by atoms with Crippen LogP contribution in [0.5, 0.6) is 5.75 Å². The van der Waals surface area contributed by atoms with Crippen molar-refractivity contribution in [1.82, 2.24) is 5.32 Å². The molecule has 0 radical (unpaired) electrons. The molecule has 4 heteroatoms. The summed E-state index contributed by atoms with van der Waals surface area (Å²) < 4.78 is 6.77. The molecule has 0 aromatic heterocycles. The zero-order valence-corrected chi connectivity index (χ0v) is 10.7. The Hall–Kier alpha value is -1.03. The number of carbonyl (C=O) groups excluding carboxylic acids is 1. The van der Waals surface area contributed by atoms with Gasteiger partial charge in [-0.25, -0.2) is 0 Å². The van der Waals surface area contributed by atoms with Crippen molar-refractivity contribution >= 4 is 21.8 Å². The number of nitrogens with one attached hydrogen (secondary N) is 1. The molecule has 86 valence electrons. The molecule has 0 bridgehead atoms. The first-order chi connectivity index (χ1) is 7.69. The highest BCUT2D eigenvalue weighted by atomic mass is 79.9. The van der Waals surface area contributed by atoms with Crippen LogP contribution in [0.2, 0.25) is 0 Å². The summed E-state index contributed by atoms with van der Waals surface area (Å²) >= 11 is 3.37. The van der Waals surface area contributed by atoms with Gasteiger partial charge in [-0.2, -0.15) is 0 Å². The summed E-state index contributed by atoms with van der Waals surface area (Å²) in [7, 11) is 1.67. The third-order valence-electron chi connectivity index (χ3n) is 2.83. The van der Waals surface area contributed by atoms with E-state index in [1.165, 1.54) is 0 Å². The van der Waals surface area contributed by atoms with Crippen LogP contribution in [0, 0.1) is 5.92 Å². The van der Waals surface area contributed by atoms with Gasteiger partial charge in [0.25, 0.3) is 0 Å². The summed E-state index contributed by atoms with van der Waals surface area (Å²) in [5.74, 6) is 1.12. The smallest absolute Gasteiger partial charge is 0.223 e. The fourth-order valence-electron chi connectivity index (χ4n) is 1.79. The van der Waals surface area contributed by atoms with Crippen molar-refractivity contribution in [3.8, 4) is 5.75 Å². The van der Waals surface area contributed by atoms with E-state index >= 15 is 0 Å². The second kappa shape index (κ2) is 4.87. The first kappa shape index (κ1) is 11.5. The van der Waals surface area contributed by atoms with Gasteiger partial charge in [-0.1, -0.05) is 15.9 Å². The van der Waals surface area contributed by atoms with Crippen LogP contribution in [-0.2, 0) is 4.79 Å². The average Bonchev–Trinajstić information content (AvgIpc) is 2.24. The molecule has 16 heavy (non-hydrogen) atoms. The molecule has 1 amide bonds. The molecule has 0 spiro atoms. The van der Waals surface area contributed by atoms with Gasteiger partial charge in [-0.05, 0) is 37.1 Å². The maximum absolute atomic E-state index is 11.3. The van der Waals surface area contributed by atoms with Gasteiger partial charge >= 0.3 is 0 Å². The minimum Gasteiger partial charge on any atom is -0.490 e. The maximum atomic E-state index is 11.3. The molecule has 2 rings (SSSR count). The van der Waals surface area contributed by atoms with Gasteiger partial charge in [-0.3, -0.25) is 4.79 Å². The van der Waals surface area contributed by atoms with Gasteiger partial charge in [0.2, 0.25) is 5.91 Å². The number of hydrogen-bond donors (Lipinski definition) is 1. The van der Waals surface area contributed by atoms with E-state index in [4.69, 9.17) is 4.74 Å². The Balaban J connectivity index is 1.81. The topological polar surface area (TPSA) is 38.3 Å². The number of halogens is 1. The van der Waals surface area contributed by atoms with Gasteiger partial charge in [0.15, 0.2) is 0 Å². The molecule has 1 N–H and O–H groups in total. The van der Waals surface area contributed by atoms with Crippen molar-refractivity contribution in [2.45, 2.75) is 18.9 Å². The van der Waals surface area contributed by atoms with Crippen LogP contribution in [0.3, 0.4) is 0 Å². The number of hydrogen-bond acceptors (Lipinski definition) is 2. The second-order valence-electron chi connectivity index (χ2n) is 3.98. The number of amides is 1. The van der Waals surface area contributed by atoms with E-state index in [9.17, 15) is 4.79 Å². The van der Waals surface area contributed by atoms with Crippen molar-refractivity contribution in [2.75, 3.05) is 7.05 Å². The minimum atomic E-state index is 0.121. The van der Waals surface area contributed by atoms with E-state index in [0.717, 1.165) is 23.1 Å². The van der Waals surface area contributed by atoms with Gasteiger partial charge in [0.05, 0.1) is 0 Å². The van der Waals surface area contributed by atoms with E-state index in [-0.39, 0.29) is 17.9 Å². The van der Waals surface area contributed by atoms with E-state index in [0.29, 0.717) is 0 Å². The lowest BCUT2D eigenvalue weighted by atomic mass is 9.81. The standard InChI is InChI=1S/C12H14BrNO2/c1-14-12(15)8-6-11(7-8)16-10-4-2-9(13)3-5-10/h2-5,8,11H,6-7H2,1H3,(H,14,15). The van der Waals surface area contributed by atoms with Gasteiger partial charge in [0, 0.05) is 17.4 Å². The van der Waals surface area contributed by atoms with E-state index in [1.807, 2.05) is 24.3 Å². The quantitative estimate of drug-likeness (QED) is 0.925. The first-order valence-corrected chi connectivity index (χ1v) is 6.12. The van der Waals surface area contributed by atoms with E-state index in [2.05, 4.69) is 21.2 Å². The lowest BCUT2D eigenvalue weighted by Crippen LogP contribution is -2.42. The summed E-state index contributed by atoms with van der Waals surface area (Å²) in [6, 6.07) is 7.75. The monoisotopic (exact) mass is 283 g/mol. The first-order valence-electron chi connectivity index (χ1n) is 5.33. The fourth-order valence-corrected chi connectivity index (χ4v) is 2.05. The lowest BCUT2D eigenvalue weighted by molar-refractivity contribution is -0.130. The molecule has 0 aliphatic heterocycles. The predicted molar refractivity (Wildman–Crippen MR) is 65.3 cm³/mol.